The first-order valence-electron chi connectivity index (χ1n) is 2.08. The topological polar surface area (TPSA) is 111 Å². The van der Waals surface area contributed by atoms with Gasteiger partial charge in [0.05, 0.1) is 0 Å². The molecule has 0 aliphatic rings. The van der Waals surface area contributed by atoms with Crippen LogP contribution >= 0.6 is 0 Å². The van der Waals surface area contributed by atoms with Crippen molar-refractivity contribution in [1.29, 1.82) is 0 Å². The van der Waals surface area contributed by atoms with Gasteiger partial charge in [-0.15, -0.1) is 5.10 Å². The molecule has 8 heavy (non-hydrogen) atoms. The van der Waals surface area contributed by atoms with E-state index in [0.717, 1.165) is 0 Å². The molecule has 0 aromatic heterocycles. The van der Waals surface area contributed by atoms with Crippen molar-refractivity contribution >= 4 is 5.96 Å². The molecule has 5 nitrogen and oxygen atoms in total. The zero-order valence-corrected chi connectivity index (χ0v) is 4.83. The number of hydrazone groups is 1. The van der Waals surface area contributed by atoms with Gasteiger partial charge in [-0.1, -0.05) is 0 Å². The van der Waals surface area contributed by atoms with Gasteiger partial charge in [0.1, 0.15) is 0 Å². The highest BCUT2D eigenvalue weighted by molar-refractivity contribution is 5.75. The first-order valence-corrected chi connectivity index (χ1v) is 2.08. The van der Waals surface area contributed by atoms with Gasteiger partial charge in [0.25, 0.3) is 0 Å². The van der Waals surface area contributed by atoms with Crippen LogP contribution in [0.1, 0.15) is 6.92 Å². The van der Waals surface area contributed by atoms with E-state index in [1.165, 1.54) is 0 Å². The number of aliphatic hydroxyl groups excluding tert-OH is 1. The van der Waals surface area contributed by atoms with Gasteiger partial charge in [-0.3, -0.25) is 0 Å². The van der Waals surface area contributed by atoms with Gasteiger partial charge >= 0.3 is 0 Å². The maximum Gasteiger partial charge on any atom is 0.208 e. The molecule has 0 aromatic carbocycles. The number of nitrogens with two attached hydrogens (primary N) is 3. The fourth-order valence-corrected chi connectivity index (χ4v) is 0. The highest BCUT2D eigenvalue weighted by Gasteiger charge is 1.62. The molecule has 50 valence electrons. The van der Waals surface area contributed by atoms with E-state index in [4.69, 9.17) is 16.6 Å². The Morgan fingerprint density at radius 2 is 1.75 bits per heavy atom. The second kappa shape index (κ2) is 9.39. The van der Waals surface area contributed by atoms with Crippen LogP contribution in [0, 0.1) is 0 Å². The Hall–Kier alpha value is -0.970. The quantitative estimate of drug-likeness (QED) is 0.130. The average Bonchev–Trinajstić information content (AvgIpc) is 1.69. The Bertz CT molecular complexity index is 58.3. The fourth-order valence-electron chi connectivity index (χ4n) is 0. The molecular weight excluding hydrogens is 108 g/mol. The van der Waals surface area contributed by atoms with Crippen molar-refractivity contribution in [2.45, 2.75) is 6.92 Å². The molecule has 0 saturated heterocycles. The summed E-state index contributed by atoms with van der Waals surface area (Å²) >= 11 is 0. The summed E-state index contributed by atoms with van der Waals surface area (Å²) in [5.74, 6) is 4.42. The number of aliphatic hydroxyl groups is 1. The van der Waals surface area contributed by atoms with Crippen molar-refractivity contribution in [3.8, 4) is 0 Å². The van der Waals surface area contributed by atoms with Crippen molar-refractivity contribution in [2.24, 2.45) is 22.4 Å². The lowest BCUT2D eigenvalue weighted by Gasteiger charge is -1.76. The number of rotatable bonds is 0. The third-order valence-electron chi connectivity index (χ3n) is 0.149. The van der Waals surface area contributed by atoms with Crippen molar-refractivity contribution in [1.82, 2.24) is 0 Å². The van der Waals surface area contributed by atoms with Crippen LogP contribution in [0.5, 0.6) is 0 Å². The van der Waals surface area contributed by atoms with Crippen LogP contribution in [-0.2, 0) is 0 Å². The molecular formula is C3H12N4O. The molecule has 0 aliphatic heterocycles. The summed E-state index contributed by atoms with van der Waals surface area (Å²) < 4.78 is 0. The molecule has 0 spiro atoms. The number of guanidine groups is 1. The molecule has 0 rings (SSSR count). The van der Waals surface area contributed by atoms with E-state index >= 15 is 0 Å². The van der Waals surface area contributed by atoms with Crippen LogP contribution < -0.4 is 17.3 Å². The van der Waals surface area contributed by atoms with Crippen LogP contribution in [0.3, 0.4) is 0 Å². The van der Waals surface area contributed by atoms with Crippen LogP contribution in [0.4, 0.5) is 0 Å². The largest absolute Gasteiger partial charge is 0.397 e. The second-order valence-electron chi connectivity index (χ2n) is 0.870. The van der Waals surface area contributed by atoms with Crippen LogP contribution in [-0.4, -0.2) is 17.7 Å². The molecule has 0 saturated carbocycles. The molecule has 0 fully saturated rings. The van der Waals surface area contributed by atoms with Crippen molar-refractivity contribution in [3.63, 3.8) is 0 Å². The van der Waals surface area contributed by atoms with Gasteiger partial charge in [0.2, 0.25) is 5.96 Å². The average molecular weight is 120 g/mol. The highest BCUT2D eigenvalue weighted by Crippen LogP contribution is 1.31. The van der Waals surface area contributed by atoms with E-state index in [1.807, 2.05) is 0 Å². The van der Waals surface area contributed by atoms with Crippen molar-refractivity contribution < 1.29 is 5.11 Å². The van der Waals surface area contributed by atoms with Crippen LogP contribution in [0.25, 0.3) is 0 Å². The second-order valence-corrected chi connectivity index (χ2v) is 0.870. The van der Waals surface area contributed by atoms with Crippen LogP contribution in [0.2, 0.25) is 0 Å². The van der Waals surface area contributed by atoms with E-state index in [1.54, 1.807) is 6.92 Å². The molecule has 0 aromatic rings. The third-order valence-corrected chi connectivity index (χ3v) is 0.149. The van der Waals surface area contributed by atoms with Gasteiger partial charge < -0.3 is 22.4 Å². The summed E-state index contributed by atoms with van der Waals surface area (Å²) in [6.45, 7) is 1.93. The standard InChI is InChI=1S/C2H6O.CH6N4/c1-2-3;2-1(3)5-4/h3H,2H2,1H3;4H2,(H4,2,3,5). The zero-order valence-electron chi connectivity index (χ0n) is 4.83. The monoisotopic (exact) mass is 120 g/mol. The smallest absolute Gasteiger partial charge is 0.208 e. The third kappa shape index (κ3) is 77.0. The first kappa shape index (κ1) is 10.1. The summed E-state index contributed by atoms with van der Waals surface area (Å²) in [6.07, 6.45) is 0. The minimum absolute atomic E-state index is 0.0926. The normalized spacial score (nSPS) is 6.25. The van der Waals surface area contributed by atoms with Gasteiger partial charge in [0.15, 0.2) is 0 Å². The molecule has 7 N–H and O–H groups in total. The number of hydrogen-bond donors (Lipinski definition) is 4. The Morgan fingerprint density at radius 3 is 1.75 bits per heavy atom. The van der Waals surface area contributed by atoms with Crippen molar-refractivity contribution in [3.05, 3.63) is 0 Å². The highest BCUT2D eigenvalue weighted by atomic mass is 16.2. The summed E-state index contributed by atoms with van der Waals surface area (Å²) in [6, 6.07) is 0. The molecule has 0 atom stereocenters. The lowest BCUT2D eigenvalue weighted by Crippen LogP contribution is -2.23. The SMILES string of the molecule is CCO.NN=C(N)N. The maximum absolute atomic E-state index is 7.57. The van der Waals surface area contributed by atoms with E-state index < -0.39 is 0 Å². The minimum Gasteiger partial charge on any atom is -0.397 e. The molecule has 0 bridgehead atoms. The maximum atomic E-state index is 7.57. The van der Waals surface area contributed by atoms with Gasteiger partial charge in [-0.2, -0.15) is 0 Å². The first-order chi connectivity index (χ1) is 3.68. The zero-order chi connectivity index (χ0) is 6.99. The Balaban J connectivity index is 0. The van der Waals surface area contributed by atoms with Gasteiger partial charge in [0, 0.05) is 6.61 Å². The van der Waals surface area contributed by atoms with Gasteiger partial charge in [-0.25, -0.2) is 0 Å². The van der Waals surface area contributed by atoms with E-state index in [9.17, 15) is 0 Å². The molecule has 5 heteroatoms. The predicted molar refractivity (Wildman–Crippen MR) is 32.8 cm³/mol. The summed E-state index contributed by atoms with van der Waals surface area (Å²) in [7, 11) is 0. The lowest BCUT2D eigenvalue weighted by molar-refractivity contribution is 0.318. The summed E-state index contributed by atoms with van der Waals surface area (Å²) in [5, 5.41) is 10.4. The number of nitrogens with zero attached hydrogens (tertiary/aromatic N) is 1. The Kier molecular flexibility index (Phi) is 11.9. The Labute approximate surface area is 48.2 Å². The lowest BCUT2D eigenvalue weighted by atomic mass is 10.9. The molecule has 0 amide bonds. The molecule has 0 radical (unpaired) electrons. The predicted octanol–water partition coefficient (Wildman–Crippen LogP) is -1.87. The summed E-state index contributed by atoms with van der Waals surface area (Å²) in [4.78, 5) is 0. The number of hydrogen-bond acceptors (Lipinski definition) is 3. The van der Waals surface area contributed by atoms with E-state index in [0.29, 0.717) is 0 Å². The van der Waals surface area contributed by atoms with E-state index in [2.05, 4.69) is 10.9 Å². The molecule has 0 unspecified atom stereocenters. The fraction of sp³-hybridized carbons (Fsp3) is 0.667. The molecule has 0 aliphatic carbocycles. The minimum atomic E-state index is -0.0926. The van der Waals surface area contributed by atoms with Crippen LogP contribution in [0.15, 0.2) is 5.10 Å². The van der Waals surface area contributed by atoms with Gasteiger partial charge in [-0.05, 0) is 6.92 Å². The Morgan fingerprint density at radius 1 is 1.62 bits per heavy atom. The van der Waals surface area contributed by atoms with Crippen molar-refractivity contribution in [2.75, 3.05) is 6.61 Å². The molecule has 0 heterocycles. The van der Waals surface area contributed by atoms with E-state index in [-0.39, 0.29) is 12.6 Å². The summed E-state index contributed by atoms with van der Waals surface area (Å²) in [5.41, 5.74) is 9.39.